The molecule has 1 aromatic heterocycles. The number of hydrogen-bond donors (Lipinski definition) is 1. The molecule has 1 N–H and O–H groups in total. The van der Waals surface area contributed by atoms with Gasteiger partial charge in [0.2, 0.25) is 0 Å². The average Bonchev–Trinajstić information content (AvgIpc) is 2.83. The molecule has 1 saturated heterocycles. The molecule has 1 aliphatic rings. The van der Waals surface area contributed by atoms with Crippen molar-refractivity contribution >= 4 is 11.0 Å². The molecule has 0 spiro atoms. The molecule has 0 saturated carbocycles. The first kappa shape index (κ1) is 10.8. The van der Waals surface area contributed by atoms with Gasteiger partial charge >= 0.3 is 0 Å². The molecule has 3 heteroatoms. The van der Waals surface area contributed by atoms with Crippen LogP contribution >= 0.6 is 0 Å². The number of benzene rings is 1. The van der Waals surface area contributed by atoms with Crippen molar-refractivity contribution in [2.75, 3.05) is 6.61 Å². The first-order chi connectivity index (χ1) is 8.13. The van der Waals surface area contributed by atoms with Gasteiger partial charge in [-0.1, -0.05) is 6.07 Å². The fourth-order valence-corrected chi connectivity index (χ4v) is 2.69. The summed E-state index contributed by atoms with van der Waals surface area (Å²) in [5.41, 5.74) is 4.78. The molecule has 3 rings (SSSR count). The first-order valence-electron chi connectivity index (χ1n) is 6.22. The molecule has 90 valence electrons. The quantitative estimate of drug-likeness (QED) is 0.817. The molecule has 0 radical (unpaired) electrons. The van der Waals surface area contributed by atoms with Crippen LogP contribution in [0.2, 0.25) is 0 Å². The van der Waals surface area contributed by atoms with Crippen molar-refractivity contribution < 1.29 is 4.74 Å². The van der Waals surface area contributed by atoms with Gasteiger partial charge in [-0.25, -0.2) is 4.98 Å². The molecule has 0 amide bonds. The van der Waals surface area contributed by atoms with Crippen LogP contribution in [0.3, 0.4) is 0 Å². The number of imidazole rings is 1. The van der Waals surface area contributed by atoms with Crippen molar-refractivity contribution in [3.63, 3.8) is 0 Å². The predicted octanol–water partition coefficient (Wildman–Crippen LogP) is 3.07. The molecule has 17 heavy (non-hydrogen) atoms. The Balaban J connectivity index is 2.04. The summed E-state index contributed by atoms with van der Waals surface area (Å²) in [6, 6.07) is 4.35. The Labute approximate surface area is 101 Å². The van der Waals surface area contributed by atoms with E-state index in [1.807, 2.05) is 0 Å². The molecule has 0 bridgehead atoms. The standard InChI is InChI=1S/C14H18N2O/c1-8-4-9(2)13-12(5-8)15-14(16-13)11-6-10(3)17-7-11/h4-5,10-11H,6-7H2,1-3H3,(H,15,16). The van der Waals surface area contributed by atoms with Gasteiger partial charge in [0.25, 0.3) is 0 Å². The van der Waals surface area contributed by atoms with Gasteiger partial charge in [-0.15, -0.1) is 0 Å². The second kappa shape index (κ2) is 3.84. The van der Waals surface area contributed by atoms with Crippen LogP contribution < -0.4 is 0 Å². The molecule has 2 atom stereocenters. The second-order valence-electron chi connectivity index (χ2n) is 5.18. The highest BCUT2D eigenvalue weighted by Gasteiger charge is 2.26. The SMILES string of the molecule is Cc1cc(C)c2nc(C3COC(C)C3)[nH]c2c1. The fourth-order valence-electron chi connectivity index (χ4n) is 2.69. The van der Waals surface area contributed by atoms with Crippen LogP contribution in [-0.4, -0.2) is 22.7 Å². The Kier molecular flexibility index (Phi) is 2.44. The molecular formula is C14H18N2O. The zero-order valence-corrected chi connectivity index (χ0v) is 10.6. The Bertz CT molecular complexity index is 559. The monoisotopic (exact) mass is 230 g/mol. The second-order valence-corrected chi connectivity index (χ2v) is 5.18. The number of fused-ring (bicyclic) bond motifs is 1. The maximum Gasteiger partial charge on any atom is 0.112 e. The zero-order valence-electron chi connectivity index (χ0n) is 10.6. The summed E-state index contributed by atoms with van der Waals surface area (Å²) in [6.45, 7) is 7.15. The van der Waals surface area contributed by atoms with E-state index in [0.29, 0.717) is 12.0 Å². The lowest BCUT2D eigenvalue weighted by Crippen LogP contribution is -2.00. The number of nitrogens with zero attached hydrogens (tertiary/aromatic N) is 1. The number of aromatic nitrogens is 2. The van der Waals surface area contributed by atoms with Gasteiger partial charge in [0.1, 0.15) is 5.82 Å². The van der Waals surface area contributed by atoms with Crippen LogP contribution in [0, 0.1) is 13.8 Å². The maximum absolute atomic E-state index is 5.61. The molecule has 1 aromatic carbocycles. The third kappa shape index (κ3) is 1.84. The Morgan fingerprint density at radius 2 is 2.18 bits per heavy atom. The normalized spacial score (nSPS) is 24.6. The summed E-state index contributed by atoms with van der Waals surface area (Å²) in [5.74, 6) is 1.51. The minimum atomic E-state index is 0.357. The van der Waals surface area contributed by atoms with E-state index in [1.165, 1.54) is 11.1 Å². The maximum atomic E-state index is 5.61. The summed E-state index contributed by atoms with van der Waals surface area (Å²) >= 11 is 0. The van der Waals surface area contributed by atoms with Gasteiger partial charge in [0, 0.05) is 5.92 Å². The third-order valence-electron chi connectivity index (χ3n) is 3.52. The molecule has 2 unspecified atom stereocenters. The molecule has 1 fully saturated rings. The lowest BCUT2D eigenvalue weighted by molar-refractivity contribution is 0.123. The lowest BCUT2D eigenvalue weighted by Gasteiger charge is -2.01. The fraction of sp³-hybridized carbons (Fsp3) is 0.500. The smallest absolute Gasteiger partial charge is 0.112 e. The van der Waals surface area contributed by atoms with Crippen LogP contribution in [0.1, 0.15) is 36.2 Å². The summed E-state index contributed by atoms with van der Waals surface area (Å²) in [7, 11) is 0. The number of aromatic amines is 1. The highest BCUT2D eigenvalue weighted by Crippen LogP contribution is 2.29. The van der Waals surface area contributed by atoms with E-state index in [4.69, 9.17) is 9.72 Å². The largest absolute Gasteiger partial charge is 0.378 e. The minimum absolute atomic E-state index is 0.357. The van der Waals surface area contributed by atoms with Gasteiger partial charge in [-0.2, -0.15) is 0 Å². The summed E-state index contributed by atoms with van der Waals surface area (Å²) in [5, 5.41) is 0. The van der Waals surface area contributed by atoms with Gasteiger partial charge in [0.05, 0.1) is 23.7 Å². The van der Waals surface area contributed by atoms with Crippen molar-refractivity contribution in [2.45, 2.75) is 39.2 Å². The number of nitrogens with one attached hydrogen (secondary N) is 1. The van der Waals surface area contributed by atoms with Crippen LogP contribution in [-0.2, 0) is 4.74 Å². The van der Waals surface area contributed by atoms with Gasteiger partial charge in [-0.3, -0.25) is 0 Å². The van der Waals surface area contributed by atoms with Crippen molar-refractivity contribution in [3.8, 4) is 0 Å². The Morgan fingerprint density at radius 1 is 1.35 bits per heavy atom. The third-order valence-corrected chi connectivity index (χ3v) is 3.52. The topological polar surface area (TPSA) is 37.9 Å². The summed E-state index contributed by atoms with van der Waals surface area (Å²) in [6.07, 6.45) is 1.42. The number of hydrogen-bond acceptors (Lipinski definition) is 2. The number of H-pyrrole nitrogens is 1. The van der Waals surface area contributed by atoms with E-state index >= 15 is 0 Å². The Hall–Kier alpha value is -1.35. The molecule has 1 aliphatic heterocycles. The van der Waals surface area contributed by atoms with E-state index in [0.717, 1.165) is 29.9 Å². The van der Waals surface area contributed by atoms with Crippen molar-refractivity contribution in [2.24, 2.45) is 0 Å². The van der Waals surface area contributed by atoms with Crippen molar-refractivity contribution in [3.05, 3.63) is 29.1 Å². The molecular weight excluding hydrogens is 212 g/mol. The van der Waals surface area contributed by atoms with E-state index in [2.05, 4.69) is 37.9 Å². The Morgan fingerprint density at radius 3 is 2.88 bits per heavy atom. The average molecular weight is 230 g/mol. The highest BCUT2D eigenvalue weighted by atomic mass is 16.5. The minimum Gasteiger partial charge on any atom is -0.378 e. The van der Waals surface area contributed by atoms with E-state index in [9.17, 15) is 0 Å². The number of aryl methyl sites for hydroxylation is 2. The van der Waals surface area contributed by atoms with Gasteiger partial charge < -0.3 is 9.72 Å². The highest BCUT2D eigenvalue weighted by molar-refractivity contribution is 5.79. The summed E-state index contributed by atoms with van der Waals surface area (Å²) < 4.78 is 5.61. The van der Waals surface area contributed by atoms with Gasteiger partial charge in [0.15, 0.2) is 0 Å². The van der Waals surface area contributed by atoms with E-state index in [-0.39, 0.29) is 0 Å². The van der Waals surface area contributed by atoms with Gasteiger partial charge in [-0.05, 0) is 44.4 Å². The van der Waals surface area contributed by atoms with Crippen LogP contribution in [0.25, 0.3) is 11.0 Å². The van der Waals surface area contributed by atoms with Crippen molar-refractivity contribution in [1.29, 1.82) is 0 Å². The van der Waals surface area contributed by atoms with E-state index < -0.39 is 0 Å². The predicted molar refractivity (Wildman–Crippen MR) is 68.3 cm³/mol. The molecule has 0 aliphatic carbocycles. The molecule has 2 aromatic rings. The van der Waals surface area contributed by atoms with E-state index in [1.54, 1.807) is 0 Å². The van der Waals surface area contributed by atoms with Crippen LogP contribution in [0.4, 0.5) is 0 Å². The van der Waals surface area contributed by atoms with Crippen LogP contribution in [0.15, 0.2) is 12.1 Å². The van der Waals surface area contributed by atoms with Crippen molar-refractivity contribution in [1.82, 2.24) is 9.97 Å². The van der Waals surface area contributed by atoms with Crippen LogP contribution in [0.5, 0.6) is 0 Å². The number of rotatable bonds is 1. The molecule has 3 nitrogen and oxygen atoms in total. The zero-order chi connectivity index (χ0) is 12.0. The number of ether oxygens (including phenoxy) is 1. The first-order valence-corrected chi connectivity index (χ1v) is 6.22. The summed E-state index contributed by atoms with van der Waals surface area (Å²) in [4.78, 5) is 8.18. The lowest BCUT2D eigenvalue weighted by atomic mass is 10.1. The molecule has 2 heterocycles.